The molecule has 0 radical (unpaired) electrons. The van der Waals surface area contributed by atoms with Crippen molar-refractivity contribution in [1.29, 1.82) is 5.26 Å². The van der Waals surface area contributed by atoms with Gasteiger partial charge < -0.3 is 10.1 Å². The minimum absolute atomic E-state index is 0.505. The number of hydrogen-bond donors (Lipinski definition) is 1. The zero-order valence-corrected chi connectivity index (χ0v) is 9.63. The first-order valence-corrected chi connectivity index (χ1v) is 5.70. The van der Waals surface area contributed by atoms with Gasteiger partial charge in [-0.3, -0.25) is 0 Å². The van der Waals surface area contributed by atoms with Crippen molar-refractivity contribution in [2.75, 3.05) is 19.7 Å². The van der Waals surface area contributed by atoms with E-state index in [1.807, 2.05) is 6.07 Å². The highest BCUT2D eigenvalue weighted by atomic mass is 35.5. The normalized spacial score (nSPS) is 19.4. The van der Waals surface area contributed by atoms with Crippen LogP contribution in [0.3, 0.4) is 0 Å². The van der Waals surface area contributed by atoms with Crippen LogP contribution < -0.4 is 10.1 Å². The molecule has 1 aliphatic rings. The Morgan fingerprint density at radius 2 is 2.44 bits per heavy atom. The number of hydrogen-bond acceptors (Lipinski definition) is 3. The maximum Gasteiger partial charge on any atom is 0.137 e. The van der Waals surface area contributed by atoms with Crippen LogP contribution in [0, 0.1) is 17.2 Å². The average Bonchev–Trinajstić information content (AvgIpc) is 2.80. The highest BCUT2D eigenvalue weighted by molar-refractivity contribution is 6.32. The lowest BCUT2D eigenvalue weighted by Crippen LogP contribution is -2.15. The zero-order valence-electron chi connectivity index (χ0n) is 8.87. The van der Waals surface area contributed by atoms with Crippen LogP contribution in [0.25, 0.3) is 0 Å². The second-order valence-electron chi connectivity index (χ2n) is 3.93. The van der Waals surface area contributed by atoms with Gasteiger partial charge in [0, 0.05) is 12.5 Å². The van der Waals surface area contributed by atoms with Crippen LogP contribution in [0.2, 0.25) is 5.02 Å². The third kappa shape index (κ3) is 2.66. The fraction of sp³-hybridized carbons (Fsp3) is 0.417. The lowest BCUT2D eigenvalue weighted by Gasteiger charge is -2.11. The first-order valence-electron chi connectivity index (χ1n) is 5.33. The standard InChI is InChI=1S/C12H13ClN2O/c13-11-5-9(6-14)1-2-12(11)16-8-10-3-4-15-7-10/h1-2,5,10,15H,3-4,7-8H2. The van der Waals surface area contributed by atoms with E-state index in [9.17, 15) is 0 Å². The predicted molar refractivity (Wildman–Crippen MR) is 62.6 cm³/mol. The molecule has 1 atom stereocenters. The molecule has 16 heavy (non-hydrogen) atoms. The summed E-state index contributed by atoms with van der Waals surface area (Å²) < 4.78 is 5.64. The Balaban J connectivity index is 1.96. The summed E-state index contributed by atoms with van der Waals surface area (Å²) in [6.45, 7) is 2.75. The minimum Gasteiger partial charge on any atom is -0.492 e. The van der Waals surface area contributed by atoms with Gasteiger partial charge in [0.1, 0.15) is 5.75 Å². The first kappa shape index (κ1) is 11.3. The van der Waals surface area contributed by atoms with Crippen LogP contribution in [0.4, 0.5) is 0 Å². The monoisotopic (exact) mass is 236 g/mol. The molecule has 1 aromatic rings. The number of benzene rings is 1. The highest BCUT2D eigenvalue weighted by Gasteiger charge is 2.15. The maximum absolute atomic E-state index is 8.70. The number of nitrogens with zero attached hydrogens (tertiary/aromatic N) is 1. The number of halogens is 1. The van der Waals surface area contributed by atoms with Crippen LogP contribution in [-0.4, -0.2) is 19.7 Å². The lowest BCUT2D eigenvalue weighted by atomic mass is 10.1. The van der Waals surface area contributed by atoms with Crippen molar-refractivity contribution in [3.8, 4) is 11.8 Å². The Kier molecular flexibility index (Phi) is 3.66. The molecule has 0 aromatic heterocycles. The maximum atomic E-state index is 8.70. The number of nitrogens with one attached hydrogen (secondary N) is 1. The van der Waals surface area contributed by atoms with E-state index in [1.54, 1.807) is 18.2 Å². The molecule has 1 fully saturated rings. The van der Waals surface area contributed by atoms with Crippen molar-refractivity contribution >= 4 is 11.6 Å². The van der Waals surface area contributed by atoms with Gasteiger partial charge in [-0.15, -0.1) is 0 Å². The molecule has 3 nitrogen and oxygen atoms in total. The van der Waals surface area contributed by atoms with Crippen molar-refractivity contribution in [2.24, 2.45) is 5.92 Å². The minimum atomic E-state index is 0.505. The molecule has 4 heteroatoms. The van der Waals surface area contributed by atoms with Crippen molar-refractivity contribution in [2.45, 2.75) is 6.42 Å². The Bertz CT molecular complexity index is 408. The molecule has 0 aliphatic carbocycles. The van der Waals surface area contributed by atoms with E-state index in [1.165, 1.54) is 0 Å². The topological polar surface area (TPSA) is 45.0 Å². The van der Waals surface area contributed by atoms with E-state index in [0.717, 1.165) is 19.5 Å². The van der Waals surface area contributed by atoms with Gasteiger partial charge in [-0.05, 0) is 31.2 Å². The van der Waals surface area contributed by atoms with Crippen molar-refractivity contribution < 1.29 is 4.74 Å². The van der Waals surface area contributed by atoms with Gasteiger partial charge in [-0.25, -0.2) is 0 Å². The third-order valence-electron chi connectivity index (χ3n) is 2.70. The fourth-order valence-electron chi connectivity index (χ4n) is 1.75. The number of rotatable bonds is 3. The third-order valence-corrected chi connectivity index (χ3v) is 2.99. The molecule has 0 saturated carbocycles. The van der Waals surface area contributed by atoms with Crippen LogP contribution in [0.1, 0.15) is 12.0 Å². The predicted octanol–water partition coefficient (Wildman–Crippen LogP) is 2.20. The van der Waals surface area contributed by atoms with E-state index < -0.39 is 0 Å². The lowest BCUT2D eigenvalue weighted by molar-refractivity contribution is 0.260. The molecule has 0 bridgehead atoms. The SMILES string of the molecule is N#Cc1ccc(OCC2CCNC2)c(Cl)c1. The fourth-order valence-corrected chi connectivity index (χ4v) is 1.99. The van der Waals surface area contributed by atoms with Crippen molar-refractivity contribution in [3.63, 3.8) is 0 Å². The van der Waals surface area contributed by atoms with Gasteiger partial charge in [-0.1, -0.05) is 11.6 Å². The molecular formula is C12H13ClN2O. The van der Waals surface area contributed by atoms with E-state index >= 15 is 0 Å². The summed E-state index contributed by atoms with van der Waals surface area (Å²) in [4.78, 5) is 0. The van der Waals surface area contributed by atoms with Crippen LogP contribution in [-0.2, 0) is 0 Å². The molecule has 1 aromatic carbocycles. The first-order chi connectivity index (χ1) is 7.79. The van der Waals surface area contributed by atoms with Gasteiger partial charge >= 0.3 is 0 Å². The van der Waals surface area contributed by atoms with Crippen LogP contribution in [0.5, 0.6) is 5.75 Å². The summed E-state index contributed by atoms with van der Waals surface area (Å²) in [6.07, 6.45) is 1.15. The van der Waals surface area contributed by atoms with E-state index in [0.29, 0.717) is 28.9 Å². The van der Waals surface area contributed by atoms with Gasteiger partial charge in [0.2, 0.25) is 0 Å². The molecule has 1 N–H and O–H groups in total. The van der Waals surface area contributed by atoms with Gasteiger partial charge in [0.05, 0.1) is 23.3 Å². The highest BCUT2D eigenvalue weighted by Crippen LogP contribution is 2.26. The Hall–Kier alpha value is -1.24. The molecule has 0 spiro atoms. The molecule has 1 aliphatic heterocycles. The summed E-state index contributed by atoms with van der Waals surface area (Å²) in [5.41, 5.74) is 0.555. The van der Waals surface area contributed by atoms with Crippen LogP contribution >= 0.6 is 11.6 Å². The van der Waals surface area contributed by atoms with Crippen molar-refractivity contribution in [1.82, 2.24) is 5.32 Å². The summed E-state index contributed by atoms with van der Waals surface area (Å²) in [7, 11) is 0. The second-order valence-corrected chi connectivity index (χ2v) is 4.33. The molecule has 2 rings (SSSR count). The molecule has 1 heterocycles. The molecule has 1 saturated heterocycles. The summed E-state index contributed by atoms with van der Waals surface area (Å²) >= 11 is 6.00. The van der Waals surface area contributed by atoms with Gasteiger partial charge in [-0.2, -0.15) is 5.26 Å². The Morgan fingerprint density at radius 3 is 3.06 bits per heavy atom. The molecular weight excluding hydrogens is 224 g/mol. The van der Waals surface area contributed by atoms with E-state index in [2.05, 4.69) is 5.32 Å². The van der Waals surface area contributed by atoms with Crippen LogP contribution in [0.15, 0.2) is 18.2 Å². The second kappa shape index (κ2) is 5.20. The number of nitriles is 1. The van der Waals surface area contributed by atoms with Gasteiger partial charge in [0.15, 0.2) is 0 Å². The van der Waals surface area contributed by atoms with E-state index in [4.69, 9.17) is 21.6 Å². The number of ether oxygens (including phenoxy) is 1. The smallest absolute Gasteiger partial charge is 0.137 e. The zero-order chi connectivity index (χ0) is 11.4. The summed E-state index contributed by atoms with van der Waals surface area (Å²) in [5, 5.41) is 12.5. The molecule has 1 unspecified atom stereocenters. The molecule has 84 valence electrons. The Labute approximate surface area is 100.0 Å². The summed E-state index contributed by atoms with van der Waals surface area (Å²) in [5.74, 6) is 1.22. The van der Waals surface area contributed by atoms with Crippen molar-refractivity contribution in [3.05, 3.63) is 28.8 Å². The summed E-state index contributed by atoms with van der Waals surface area (Å²) in [6, 6.07) is 7.14. The average molecular weight is 237 g/mol. The van der Waals surface area contributed by atoms with E-state index in [-0.39, 0.29) is 0 Å². The largest absolute Gasteiger partial charge is 0.492 e. The van der Waals surface area contributed by atoms with Gasteiger partial charge in [0.25, 0.3) is 0 Å². The Morgan fingerprint density at radius 1 is 1.56 bits per heavy atom. The molecule has 0 amide bonds. The quantitative estimate of drug-likeness (QED) is 0.875.